The summed E-state index contributed by atoms with van der Waals surface area (Å²) >= 11 is 0. The molecule has 0 saturated carbocycles. The second kappa shape index (κ2) is 3.69. The molecule has 1 atom stereocenters. The lowest BCUT2D eigenvalue weighted by Gasteiger charge is -2.07. The highest BCUT2D eigenvalue weighted by Crippen LogP contribution is 2.17. The average Bonchev–Trinajstić information content (AvgIpc) is 2.64. The molecule has 6 nitrogen and oxygen atoms in total. The van der Waals surface area contributed by atoms with Gasteiger partial charge in [0.05, 0.1) is 6.10 Å². The number of fused-ring (bicyclic) bond motifs is 1. The zero-order valence-corrected chi connectivity index (χ0v) is 7.51. The lowest BCUT2D eigenvalue weighted by atomic mass is 10.1. The molecule has 74 valence electrons. The van der Waals surface area contributed by atoms with E-state index >= 15 is 0 Å². The van der Waals surface area contributed by atoms with E-state index in [1.54, 1.807) is 12.3 Å². The highest BCUT2D eigenvalue weighted by Gasteiger charge is 2.09. The number of nitrogens with one attached hydrogen (secondary N) is 1. The second-order valence-corrected chi connectivity index (χ2v) is 3.03. The first-order valence-electron chi connectivity index (χ1n) is 4.36. The summed E-state index contributed by atoms with van der Waals surface area (Å²) in [6.07, 6.45) is 1.53. The molecule has 0 aliphatic heterocycles. The Balaban J connectivity index is 2.33. The van der Waals surface area contributed by atoms with Crippen LogP contribution in [-0.2, 0) is 0 Å². The number of H-pyrrole nitrogens is 1. The third kappa shape index (κ3) is 1.57. The monoisotopic (exact) mass is 193 g/mol. The maximum atomic E-state index is 9.64. The van der Waals surface area contributed by atoms with Crippen LogP contribution < -0.4 is 5.73 Å². The van der Waals surface area contributed by atoms with Gasteiger partial charge >= 0.3 is 0 Å². The lowest BCUT2D eigenvalue weighted by Crippen LogP contribution is -2.06. The van der Waals surface area contributed by atoms with Crippen molar-refractivity contribution in [3.05, 3.63) is 17.8 Å². The number of aromatic amines is 1. The number of aromatic nitrogens is 4. The Hall–Kier alpha value is -1.53. The van der Waals surface area contributed by atoms with Gasteiger partial charge in [-0.15, -0.1) is 5.10 Å². The van der Waals surface area contributed by atoms with Crippen molar-refractivity contribution in [1.82, 2.24) is 20.4 Å². The van der Waals surface area contributed by atoms with E-state index in [2.05, 4.69) is 20.4 Å². The van der Waals surface area contributed by atoms with E-state index < -0.39 is 6.10 Å². The Labute approximate surface area is 80.1 Å². The van der Waals surface area contributed by atoms with Gasteiger partial charge in [0.1, 0.15) is 5.52 Å². The Morgan fingerprint density at radius 2 is 2.36 bits per heavy atom. The molecule has 14 heavy (non-hydrogen) atoms. The SMILES string of the molecule is NCCC(O)c1cnc2n[nH]nc2c1. The second-order valence-electron chi connectivity index (χ2n) is 3.03. The minimum Gasteiger partial charge on any atom is -0.388 e. The summed E-state index contributed by atoms with van der Waals surface area (Å²) in [5, 5.41) is 19.8. The van der Waals surface area contributed by atoms with E-state index in [4.69, 9.17) is 5.73 Å². The summed E-state index contributed by atoms with van der Waals surface area (Å²) in [4.78, 5) is 4.04. The van der Waals surface area contributed by atoms with Crippen LogP contribution >= 0.6 is 0 Å². The molecule has 2 aromatic heterocycles. The molecule has 0 spiro atoms. The van der Waals surface area contributed by atoms with Crippen LogP contribution in [0.25, 0.3) is 11.2 Å². The van der Waals surface area contributed by atoms with Crippen LogP contribution in [0.1, 0.15) is 18.1 Å². The zero-order chi connectivity index (χ0) is 9.97. The van der Waals surface area contributed by atoms with Crippen LogP contribution in [-0.4, -0.2) is 32.0 Å². The van der Waals surface area contributed by atoms with Gasteiger partial charge in [0.25, 0.3) is 0 Å². The first-order chi connectivity index (χ1) is 6.81. The van der Waals surface area contributed by atoms with Gasteiger partial charge in [-0.1, -0.05) is 0 Å². The molecule has 0 radical (unpaired) electrons. The van der Waals surface area contributed by atoms with E-state index in [1.807, 2.05) is 0 Å². The summed E-state index contributed by atoms with van der Waals surface area (Å²) in [6, 6.07) is 1.76. The molecule has 2 aromatic rings. The molecule has 0 aliphatic rings. The number of hydrogen-bond donors (Lipinski definition) is 3. The molecule has 1 unspecified atom stereocenters. The van der Waals surface area contributed by atoms with Gasteiger partial charge < -0.3 is 10.8 Å². The predicted octanol–water partition coefficient (Wildman–Crippen LogP) is -0.265. The Bertz CT molecular complexity index is 426. The first kappa shape index (κ1) is 9.04. The topological polar surface area (TPSA) is 101 Å². The number of hydrogen-bond acceptors (Lipinski definition) is 5. The first-order valence-corrected chi connectivity index (χ1v) is 4.36. The Morgan fingerprint density at radius 3 is 3.14 bits per heavy atom. The van der Waals surface area contributed by atoms with Crippen LogP contribution in [0, 0.1) is 0 Å². The molecular weight excluding hydrogens is 182 g/mol. The minimum atomic E-state index is -0.575. The molecule has 2 heterocycles. The van der Waals surface area contributed by atoms with Crippen molar-refractivity contribution < 1.29 is 5.11 Å². The molecule has 4 N–H and O–H groups in total. The molecule has 0 aromatic carbocycles. The highest BCUT2D eigenvalue weighted by atomic mass is 16.3. The normalized spacial score (nSPS) is 13.3. The van der Waals surface area contributed by atoms with Crippen molar-refractivity contribution in [1.29, 1.82) is 0 Å². The fourth-order valence-electron chi connectivity index (χ4n) is 1.26. The number of pyridine rings is 1. The number of rotatable bonds is 3. The van der Waals surface area contributed by atoms with E-state index in [1.165, 1.54) is 0 Å². The van der Waals surface area contributed by atoms with Crippen LogP contribution in [0.3, 0.4) is 0 Å². The quantitative estimate of drug-likeness (QED) is 0.623. The van der Waals surface area contributed by atoms with E-state index in [9.17, 15) is 5.11 Å². The predicted molar refractivity (Wildman–Crippen MR) is 50.3 cm³/mol. The lowest BCUT2D eigenvalue weighted by molar-refractivity contribution is 0.170. The smallest absolute Gasteiger partial charge is 0.201 e. The van der Waals surface area contributed by atoms with E-state index in [0.717, 1.165) is 5.56 Å². The number of nitrogens with zero attached hydrogens (tertiary/aromatic N) is 3. The van der Waals surface area contributed by atoms with Gasteiger partial charge in [0.2, 0.25) is 5.65 Å². The fourth-order valence-corrected chi connectivity index (χ4v) is 1.26. The van der Waals surface area contributed by atoms with Gasteiger partial charge in [-0.05, 0) is 19.0 Å². The summed E-state index contributed by atoms with van der Waals surface area (Å²) in [6.45, 7) is 0.442. The van der Waals surface area contributed by atoms with Crippen molar-refractivity contribution in [2.45, 2.75) is 12.5 Å². The maximum absolute atomic E-state index is 9.64. The third-order valence-electron chi connectivity index (χ3n) is 2.02. The molecular formula is C8H11N5O. The van der Waals surface area contributed by atoms with Crippen LogP contribution in [0.4, 0.5) is 0 Å². The summed E-state index contributed by atoms with van der Waals surface area (Å²) in [5.74, 6) is 0. The van der Waals surface area contributed by atoms with Crippen LogP contribution in [0.2, 0.25) is 0 Å². The third-order valence-corrected chi connectivity index (χ3v) is 2.02. The largest absolute Gasteiger partial charge is 0.388 e. The molecule has 2 rings (SSSR count). The van der Waals surface area contributed by atoms with E-state index in [0.29, 0.717) is 24.1 Å². The van der Waals surface area contributed by atoms with Crippen molar-refractivity contribution in [2.75, 3.05) is 6.54 Å². The number of aliphatic hydroxyl groups excluding tert-OH is 1. The van der Waals surface area contributed by atoms with Crippen molar-refractivity contribution >= 4 is 11.2 Å². The van der Waals surface area contributed by atoms with Crippen LogP contribution in [0.15, 0.2) is 12.3 Å². The molecule has 0 fully saturated rings. The van der Waals surface area contributed by atoms with Gasteiger partial charge in [-0.2, -0.15) is 10.3 Å². The molecule has 0 amide bonds. The summed E-state index contributed by atoms with van der Waals surface area (Å²) < 4.78 is 0. The zero-order valence-electron chi connectivity index (χ0n) is 7.51. The molecule has 0 saturated heterocycles. The van der Waals surface area contributed by atoms with Crippen molar-refractivity contribution in [3.63, 3.8) is 0 Å². The summed E-state index contributed by atoms with van der Waals surface area (Å²) in [5.41, 5.74) is 7.27. The average molecular weight is 193 g/mol. The molecule has 0 bridgehead atoms. The number of aliphatic hydroxyl groups is 1. The standard InChI is InChI=1S/C8H11N5O/c9-2-1-7(14)5-3-6-8(10-4-5)12-13-11-6/h3-4,7,14H,1-2,9H2,(H,10,11,12,13). The van der Waals surface area contributed by atoms with Gasteiger partial charge in [0, 0.05) is 11.8 Å². The van der Waals surface area contributed by atoms with Crippen molar-refractivity contribution in [3.8, 4) is 0 Å². The van der Waals surface area contributed by atoms with E-state index in [-0.39, 0.29) is 0 Å². The Morgan fingerprint density at radius 1 is 1.50 bits per heavy atom. The fraction of sp³-hybridized carbons (Fsp3) is 0.375. The number of nitrogens with two attached hydrogens (primary N) is 1. The van der Waals surface area contributed by atoms with Crippen molar-refractivity contribution in [2.24, 2.45) is 5.73 Å². The molecule has 6 heteroatoms. The highest BCUT2D eigenvalue weighted by molar-refractivity contribution is 5.69. The maximum Gasteiger partial charge on any atom is 0.201 e. The minimum absolute atomic E-state index is 0.442. The Kier molecular flexibility index (Phi) is 2.38. The van der Waals surface area contributed by atoms with Gasteiger partial charge in [0.15, 0.2) is 0 Å². The van der Waals surface area contributed by atoms with Gasteiger partial charge in [-0.3, -0.25) is 0 Å². The summed E-state index contributed by atoms with van der Waals surface area (Å²) in [7, 11) is 0. The van der Waals surface area contributed by atoms with Gasteiger partial charge in [-0.25, -0.2) is 4.98 Å². The van der Waals surface area contributed by atoms with Crippen LogP contribution in [0.5, 0.6) is 0 Å². The molecule has 0 aliphatic carbocycles.